The molecule has 1 atom stereocenters. The standard InChI is InChI=1S/C11H18ClN3O2/c12-7-10(16)13-11(17)15-6-5-14-4-2-1-3-9(14)8-15/h9H,1-8H2,(H,13,16,17). The van der Waals surface area contributed by atoms with Gasteiger partial charge in [0, 0.05) is 25.7 Å². The molecule has 2 aliphatic rings. The van der Waals surface area contributed by atoms with Crippen molar-refractivity contribution in [3.63, 3.8) is 0 Å². The summed E-state index contributed by atoms with van der Waals surface area (Å²) >= 11 is 5.35. The van der Waals surface area contributed by atoms with E-state index in [0.29, 0.717) is 12.6 Å². The maximum absolute atomic E-state index is 11.8. The summed E-state index contributed by atoms with van der Waals surface area (Å²) in [6.07, 6.45) is 3.64. The minimum atomic E-state index is -0.428. The SMILES string of the molecule is O=C(CCl)NC(=O)N1CCN2CCCCC2C1. The van der Waals surface area contributed by atoms with E-state index >= 15 is 0 Å². The highest BCUT2D eigenvalue weighted by Crippen LogP contribution is 2.20. The first-order valence-electron chi connectivity index (χ1n) is 6.09. The van der Waals surface area contributed by atoms with Crippen LogP contribution in [0.4, 0.5) is 4.79 Å². The van der Waals surface area contributed by atoms with Gasteiger partial charge in [0.15, 0.2) is 0 Å². The second-order valence-corrected chi connectivity index (χ2v) is 4.89. The van der Waals surface area contributed by atoms with Crippen molar-refractivity contribution < 1.29 is 9.59 Å². The molecule has 2 aliphatic heterocycles. The highest BCUT2D eigenvalue weighted by atomic mass is 35.5. The van der Waals surface area contributed by atoms with E-state index in [-0.39, 0.29) is 11.9 Å². The van der Waals surface area contributed by atoms with Crippen LogP contribution in [0.2, 0.25) is 0 Å². The van der Waals surface area contributed by atoms with Crippen molar-refractivity contribution in [3.8, 4) is 0 Å². The molecule has 0 radical (unpaired) electrons. The average Bonchev–Trinajstić information content (AvgIpc) is 2.38. The molecule has 2 saturated heterocycles. The van der Waals surface area contributed by atoms with E-state index in [1.54, 1.807) is 4.90 Å². The van der Waals surface area contributed by atoms with E-state index < -0.39 is 5.91 Å². The molecule has 0 aliphatic carbocycles. The number of urea groups is 1. The van der Waals surface area contributed by atoms with Gasteiger partial charge in [-0.2, -0.15) is 0 Å². The Balaban J connectivity index is 1.86. The second kappa shape index (κ2) is 5.69. The van der Waals surface area contributed by atoms with Crippen molar-refractivity contribution in [2.75, 3.05) is 32.1 Å². The molecule has 1 unspecified atom stereocenters. The number of carbonyl (C=O) groups excluding carboxylic acids is 2. The molecule has 5 nitrogen and oxygen atoms in total. The lowest BCUT2D eigenvalue weighted by atomic mass is 10.00. The van der Waals surface area contributed by atoms with E-state index in [4.69, 9.17) is 11.6 Å². The van der Waals surface area contributed by atoms with Gasteiger partial charge in [0.1, 0.15) is 5.88 Å². The zero-order valence-electron chi connectivity index (χ0n) is 9.82. The van der Waals surface area contributed by atoms with Crippen molar-refractivity contribution in [1.29, 1.82) is 0 Å². The van der Waals surface area contributed by atoms with Gasteiger partial charge in [-0.15, -0.1) is 11.6 Å². The summed E-state index contributed by atoms with van der Waals surface area (Å²) in [7, 11) is 0. The van der Waals surface area contributed by atoms with E-state index in [9.17, 15) is 9.59 Å². The number of amides is 3. The summed E-state index contributed by atoms with van der Waals surface area (Å²) in [5.41, 5.74) is 0. The fourth-order valence-corrected chi connectivity index (χ4v) is 2.64. The molecule has 0 spiro atoms. The summed E-state index contributed by atoms with van der Waals surface area (Å²) in [4.78, 5) is 27.0. The van der Waals surface area contributed by atoms with Gasteiger partial charge in [0.2, 0.25) is 5.91 Å². The predicted octanol–water partition coefficient (Wildman–Crippen LogP) is 0.631. The highest BCUT2D eigenvalue weighted by molar-refractivity contribution is 6.28. The molecular formula is C11H18ClN3O2. The smallest absolute Gasteiger partial charge is 0.322 e. The minimum absolute atomic E-state index is 0.171. The van der Waals surface area contributed by atoms with Gasteiger partial charge in [-0.3, -0.25) is 15.0 Å². The molecule has 1 N–H and O–H groups in total. The van der Waals surface area contributed by atoms with Gasteiger partial charge in [0.05, 0.1) is 0 Å². The molecule has 2 rings (SSSR count). The molecule has 0 aromatic heterocycles. The van der Waals surface area contributed by atoms with Crippen LogP contribution in [0.3, 0.4) is 0 Å². The molecule has 17 heavy (non-hydrogen) atoms. The van der Waals surface area contributed by atoms with Crippen LogP contribution in [0, 0.1) is 0 Å². The monoisotopic (exact) mass is 259 g/mol. The molecule has 2 heterocycles. The van der Waals surface area contributed by atoms with Crippen LogP contribution in [0.5, 0.6) is 0 Å². The van der Waals surface area contributed by atoms with Crippen LogP contribution in [-0.4, -0.2) is 59.8 Å². The number of imide groups is 1. The normalized spacial score (nSPS) is 25.2. The molecular weight excluding hydrogens is 242 g/mol. The predicted molar refractivity (Wildman–Crippen MR) is 65.0 cm³/mol. The molecule has 2 fully saturated rings. The highest BCUT2D eigenvalue weighted by Gasteiger charge is 2.31. The first-order chi connectivity index (χ1) is 8.20. The number of alkyl halides is 1. The van der Waals surface area contributed by atoms with Gasteiger partial charge in [-0.05, 0) is 19.4 Å². The number of carbonyl (C=O) groups is 2. The number of piperazine rings is 1. The van der Waals surface area contributed by atoms with Gasteiger partial charge >= 0.3 is 6.03 Å². The lowest BCUT2D eigenvalue weighted by molar-refractivity contribution is -0.117. The number of nitrogens with zero attached hydrogens (tertiary/aromatic N) is 2. The Hall–Kier alpha value is -0.810. The third-order valence-corrected chi connectivity index (χ3v) is 3.74. The maximum Gasteiger partial charge on any atom is 0.324 e. The van der Waals surface area contributed by atoms with Crippen molar-refractivity contribution in [2.45, 2.75) is 25.3 Å². The molecule has 0 bridgehead atoms. The zero-order chi connectivity index (χ0) is 12.3. The number of fused-ring (bicyclic) bond motifs is 1. The maximum atomic E-state index is 11.8. The zero-order valence-corrected chi connectivity index (χ0v) is 10.6. The Bertz CT molecular complexity index is 311. The largest absolute Gasteiger partial charge is 0.324 e. The van der Waals surface area contributed by atoms with Gasteiger partial charge in [-0.25, -0.2) is 4.79 Å². The van der Waals surface area contributed by atoms with Crippen LogP contribution < -0.4 is 5.32 Å². The number of hydrogen-bond donors (Lipinski definition) is 1. The lowest BCUT2D eigenvalue weighted by Gasteiger charge is -2.43. The van der Waals surface area contributed by atoms with E-state index in [2.05, 4.69) is 10.2 Å². The summed E-state index contributed by atoms with van der Waals surface area (Å²) in [6.45, 7) is 3.47. The first kappa shape index (κ1) is 12.6. The van der Waals surface area contributed by atoms with Crippen LogP contribution in [-0.2, 0) is 4.79 Å². The third kappa shape index (κ3) is 3.10. The van der Waals surface area contributed by atoms with Crippen LogP contribution in [0.1, 0.15) is 19.3 Å². The van der Waals surface area contributed by atoms with Crippen molar-refractivity contribution in [3.05, 3.63) is 0 Å². The Morgan fingerprint density at radius 2 is 2.06 bits per heavy atom. The Labute approximate surface area is 106 Å². The Morgan fingerprint density at radius 3 is 2.82 bits per heavy atom. The molecule has 6 heteroatoms. The molecule has 0 saturated carbocycles. The van der Waals surface area contributed by atoms with Crippen molar-refractivity contribution in [2.24, 2.45) is 0 Å². The Morgan fingerprint density at radius 1 is 1.24 bits per heavy atom. The first-order valence-corrected chi connectivity index (χ1v) is 6.63. The molecule has 0 aromatic rings. The van der Waals surface area contributed by atoms with E-state index in [0.717, 1.165) is 26.1 Å². The molecule has 3 amide bonds. The number of piperidine rings is 1. The summed E-state index contributed by atoms with van der Waals surface area (Å²) in [5, 5.41) is 2.29. The fourth-order valence-electron chi connectivity index (χ4n) is 2.57. The molecule has 96 valence electrons. The summed E-state index contributed by atoms with van der Waals surface area (Å²) in [5.74, 6) is -0.600. The number of rotatable bonds is 1. The van der Waals surface area contributed by atoms with Crippen molar-refractivity contribution >= 4 is 23.5 Å². The summed E-state index contributed by atoms with van der Waals surface area (Å²) < 4.78 is 0. The minimum Gasteiger partial charge on any atom is -0.322 e. The second-order valence-electron chi connectivity index (χ2n) is 4.62. The van der Waals surface area contributed by atoms with Crippen LogP contribution in [0.25, 0.3) is 0 Å². The van der Waals surface area contributed by atoms with E-state index in [1.165, 1.54) is 12.8 Å². The third-order valence-electron chi connectivity index (χ3n) is 3.49. The van der Waals surface area contributed by atoms with E-state index in [1.807, 2.05) is 0 Å². The number of nitrogens with one attached hydrogen (secondary N) is 1. The fraction of sp³-hybridized carbons (Fsp3) is 0.818. The van der Waals surface area contributed by atoms with Gasteiger partial charge in [0.25, 0.3) is 0 Å². The van der Waals surface area contributed by atoms with Crippen LogP contribution in [0.15, 0.2) is 0 Å². The Kier molecular flexibility index (Phi) is 4.23. The molecule has 0 aromatic carbocycles. The van der Waals surface area contributed by atoms with Gasteiger partial charge in [-0.1, -0.05) is 6.42 Å². The number of halogens is 1. The lowest BCUT2D eigenvalue weighted by Crippen LogP contribution is -2.58. The topological polar surface area (TPSA) is 52.7 Å². The summed E-state index contributed by atoms with van der Waals surface area (Å²) in [6, 6.07) is 0.162. The number of hydrogen-bond acceptors (Lipinski definition) is 3. The van der Waals surface area contributed by atoms with Gasteiger partial charge < -0.3 is 4.90 Å². The quantitative estimate of drug-likeness (QED) is 0.703. The van der Waals surface area contributed by atoms with Crippen LogP contribution >= 0.6 is 11.6 Å². The van der Waals surface area contributed by atoms with Crippen molar-refractivity contribution in [1.82, 2.24) is 15.1 Å². The average molecular weight is 260 g/mol.